The van der Waals surface area contributed by atoms with Crippen LogP contribution in [-0.2, 0) is 26.2 Å². The summed E-state index contributed by atoms with van der Waals surface area (Å²) in [4.78, 5) is 27.9. The zero-order chi connectivity index (χ0) is 27.2. The van der Waals surface area contributed by atoms with Gasteiger partial charge in [-0.1, -0.05) is 57.4 Å². The normalized spacial score (nSPS) is 12.0. The first-order valence-electron chi connectivity index (χ1n) is 11.7. The molecule has 3 rings (SSSR count). The van der Waals surface area contributed by atoms with E-state index in [0.717, 1.165) is 19.9 Å². The summed E-state index contributed by atoms with van der Waals surface area (Å²) in [5, 5.41) is 3.14. The van der Waals surface area contributed by atoms with E-state index in [0.29, 0.717) is 17.3 Å². The van der Waals surface area contributed by atoms with Crippen molar-refractivity contribution in [3.63, 3.8) is 0 Å². The van der Waals surface area contributed by atoms with E-state index in [9.17, 15) is 18.0 Å². The highest BCUT2D eigenvalue weighted by atomic mass is 79.9. The van der Waals surface area contributed by atoms with E-state index in [-0.39, 0.29) is 17.3 Å². The Morgan fingerprint density at radius 3 is 2.14 bits per heavy atom. The number of anilines is 1. The second-order valence-electron chi connectivity index (χ2n) is 8.52. The minimum Gasteiger partial charge on any atom is -0.355 e. The van der Waals surface area contributed by atoms with Crippen molar-refractivity contribution in [2.45, 2.75) is 38.3 Å². The zero-order valence-corrected chi connectivity index (χ0v) is 24.0. The van der Waals surface area contributed by atoms with Crippen molar-refractivity contribution in [2.24, 2.45) is 0 Å². The van der Waals surface area contributed by atoms with Gasteiger partial charge in [-0.05, 0) is 74.9 Å². The van der Waals surface area contributed by atoms with Crippen LogP contribution in [0.25, 0.3) is 0 Å². The summed E-state index contributed by atoms with van der Waals surface area (Å²) < 4.78 is 29.4. The first-order valence-corrected chi connectivity index (χ1v) is 14.3. The number of carbonyl (C=O) groups is 2. The van der Waals surface area contributed by atoms with Crippen LogP contribution in [0.3, 0.4) is 0 Å². The van der Waals surface area contributed by atoms with Crippen molar-refractivity contribution in [3.05, 3.63) is 93.4 Å². The van der Waals surface area contributed by atoms with Crippen molar-refractivity contribution < 1.29 is 18.0 Å². The van der Waals surface area contributed by atoms with Gasteiger partial charge >= 0.3 is 0 Å². The predicted molar refractivity (Wildman–Crippen MR) is 150 cm³/mol. The van der Waals surface area contributed by atoms with Crippen molar-refractivity contribution in [1.29, 1.82) is 0 Å². The van der Waals surface area contributed by atoms with Gasteiger partial charge in [0, 0.05) is 22.6 Å². The molecule has 0 bridgehead atoms. The van der Waals surface area contributed by atoms with E-state index in [1.807, 2.05) is 31.2 Å². The minimum atomic E-state index is -4.13. The first-order chi connectivity index (χ1) is 17.5. The van der Waals surface area contributed by atoms with Crippen molar-refractivity contribution >= 4 is 55.1 Å². The summed E-state index contributed by atoms with van der Waals surface area (Å²) in [5.74, 6) is -0.838. The molecule has 37 heavy (non-hydrogen) atoms. The maximum absolute atomic E-state index is 13.8. The second-order valence-corrected chi connectivity index (χ2v) is 11.7. The Hall–Kier alpha value is -2.88. The highest BCUT2D eigenvalue weighted by Gasteiger charge is 2.32. The Morgan fingerprint density at radius 1 is 0.973 bits per heavy atom. The molecule has 0 radical (unpaired) electrons. The summed E-state index contributed by atoms with van der Waals surface area (Å²) in [5.41, 5.74) is 2.08. The van der Waals surface area contributed by atoms with Crippen LogP contribution in [0.5, 0.6) is 0 Å². The Balaban J connectivity index is 2.01. The lowest BCUT2D eigenvalue weighted by atomic mass is 10.1. The molecule has 7 nitrogen and oxygen atoms in total. The van der Waals surface area contributed by atoms with E-state index in [1.54, 1.807) is 38.1 Å². The number of nitrogens with one attached hydrogen (secondary N) is 1. The third kappa shape index (κ3) is 7.34. The number of amides is 2. The van der Waals surface area contributed by atoms with Gasteiger partial charge in [0.2, 0.25) is 11.8 Å². The molecule has 1 N–H and O–H groups in total. The standard InChI is InChI=1S/C27H29BrClN3O4S/c1-4-30-27(34)20(3)31(17-21-7-9-22(28)10-8-21)26(33)18-32(24-13-5-19(2)6-14-24)37(35,36)25-15-11-23(29)12-16-25/h5-16,20H,4,17-18H2,1-3H3,(H,30,34). The van der Waals surface area contributed by atoms with E-state index in [4.69, 9.17) is 11.6 Å². The largest absolute Gasteiger partial charge is 0.355 e. The molecule has 1 atom stereocenters. The third-order valence-electron chi connectivity index (χ3n) is 5.79. The Kier molecular flexibility index (Phi) is 9.75. The number of benzene rings is 3. The number of hydrogen-bond donors (Lipinski definition) is 1. The number of hydrogen-bond acceptors (Lipinski definition) is 4. The number of aryl methyl sites for hydroxylation is 1. The fourth-order valence-corrected chi connectivity index (χ4v) is 5.47. The van der Waals surface area contributed by atoms with Crippen LogP contribution in [0.2, 0.25) is 5.02 Å². The highest BCUT2D eigenvalue weighted by molar-refractivity contribution is 9.10. The quantitative estimate of drug-likeness (QED) is 0.346. The van der Waals surface area contributed by atoms with Crippen molar-refractivity contribution in [2.75, 3.05) is 17.4 Å². The van der Waals surface area contributed by atoms with Crippen LogP contribution in [0.4, 0.5) is 5.69 Å². The molecule has 1 unspecified atom stereocenters. The Bertz CT molecular complexity index is 1330. The molecule has 0 fully saturated rings. The van der Waals surface area contributed by atoms with E-state index in [1.165, 1.54) is 29.2 Å². The van der Waals surface area contributed by atoms with Crippen LogP contribution in [-0.4, -0.2) is 44.3 Å². The van der Waals surface area contributed by atoms with Crippen LogP contribution in [0.1, 0.15) is 25.0 Å². The molecule has 10 heteroatoms. The zero-order valence-electron chi connectivity index (χ0n) is 20.8. The van der Waals surface area contributed by atoms with E-state index < -0.39 is 28.5 Å². The number of carbonyl (C=O) groups excluding carboxylic acids is 2. The summed E-state index contributed by atoms with van der Waals surface area (Å²) in [7, 11) is -4.13. The molecule has 3 aromatic rings. The molecular formula is C27H29BrClN3O4S. The second kappa shape index (κ2) is 12.6. The molecule has 2 amide bonds. The van der Waals surface area contributed by atoms with E-state index in [2.05, 4.69) is 21.2 Å². The summed E-state index contributed by atoms with van der Waals surface area (Å²) >= 11 is 9.37. The Labute approximate surface area is 231 Å². The molecule has 0 aliphatic rings. The van der Waals surface area contributed by atoms with Crippen molar-refractivity contribution in [1.82, 2.24) is 10.2 Å². The van der Waals surface area contributed by atoms with E-state index >= 15 is 0 Å². The summed E-state index contributed by atoms with van der Waals surface area (Å²) in [6, 6.07) is 19.2. The van der Waals surface area contributed by atoms with Gasteiger partial charge in [0.25, 0.3) is 10.0 Å². The van der Waals surface area contributed by atoms with Crippen LogP contribution < -0.4 is 9.62 Å². The van der Waals surface area contributed by atoms with Crippen LogP contribution in [0.15, 0.2) is 82.2 Å². The van der Waals surface area contributed by atoms with Crippen molar-refractivity contribution in [3.8, 4) is 0 Å². The maximum Gasteiger partial charge on any atom is 0.264 e. The number of likely N-dealkylation sites (N-methyl/N-ethyl adjacent to an activating group) is 1. The first kappa shape index (κ1) is 28.7. The lowest BCUT2D eigenvalue weighted by molar-refractivity contribution is -0.139. The molecule has 0 saturated heterocycles. The maximum atomic E-state index is 13.8. The number of rotatable bonds is 10. The lowest BCUT2D eigenvalue weighted by Crippen LogP contribution is -2.51. The van der Waals surface area contributed by atoms with Crippen LogP contribution >= 0.6 is 27.5 Å². The van der Waals surface area contributed by atoms with Gasteiger partial charge in [-0.3, -0.25) is 13.9 Å². The monoisotopic (exact) mass is 605 g/mol. The fraction of sp³-hybridized carbons (Fsp3) is 0.259. The number of halogens is 2. The topological polar surface area (TPSA) is 86.8 Å². The molecule has 196 valence electrons. The number of nitrogens with zero attached hydrogens (tertiary/aromatic N) is 2. The fourth-order valence-electron chi connectivity index (χ4n) is 3.66. The van der Waals surface area contributed by atoms with Gasteiger partial charge in [0.1, 0.15) is 12.6 Å². The molecule has 0 heterocycles. The predicted octanol–water partition coefficient (Wildman–Crippen LogP) is 5.16. The molecule has 0 aliphatic carbocycles. The molecule has 0 saturated carbocycles. The molecule has 0 spiro atoms. The molecule has 0 aliphatic heterocycles. The summed E-state index contributed by atoms with van der Waals surface area (Å²) in [6.45, 7) is 5.36. The SMILES string of the molecule is CCNC(=O)C(C)N(Cc1ccc(Br)cc1)C(=O)CN(c1ccc(C)cc1)S(=O)(=O)c1ccc(Cl)cc1. The molecular weight excluding hydrogens is 578 g/mol. The Morgan fingerprint density at radius 2 is 1.57 bits per heavy atom. The van der Waals surface area contributed by atoms with Gasteiger partial charge in [-0.25, -0.2) is 8.42 Å². The van der Waals surface area contributed by atoms with Gasteiger partial charge < -0.3 is 10.2 Å². The number of sulfonamides is 1. The molecule has 3 aromatic carbocycles. The summed E-state index contributed by atoms with van der Waals surface area (Å²) in [6.07, 6.45) is 0. The third-order valence-corrected chi connectivity index (χ3v) is 8.36. The van der Waals surface area contributed by atoms with Gasteiger partial charge in [-0.2, -0.15) is 0 Å². The average Bonchev–Trinajstić information content (AvgIpc) is 2.87. The lowest BCUT2D eigenvalue weighted by Gasteiger charge is -2.32. The minimum absolute atomic E-state index is 0.00140. The highest BCUT2D eigenvalue weighted by Crippen LogP contribution is 2.26. The van der Waals surface area contributed by atoms with Crippen LogP contribution in [0, 0.1) is 6.92 Å². The molecule has 0 aromatic heterocycles. The van der Waals surface area contributed by atoms with Gasteiger partial charge in [0.05, 0.1) is 10.6 Å². The van der Waals surface area contributed by atoms with Gasteiger partial charge in [0.15, 0.2) is 0 Å². The average molecular weight is 607 g/mol. The van der Waals surface area contributed by atoms with Gasteiger partial charge in [-0.15, -0.1) is 0 Å². The smallest absolute Gasteiger partial charge is 0.264 e.